The van der Waals surface area contributed by atoms with E-state index in [9.17, 15) is 0 Å². The van der Waals surface area contributed by atoms with E-state index in [0.717, 1.165) is 25.3 Å². The summed E-state index contributed by atoms with van der Waals surface area (Å²) in [5, 5.41) is 3.71. The molecule has 0 unspecified atom stereocenters. The minimum atomic E-state index is 0.449. The summed E-state index contributed by atoms with van der Waals surface area (Å²) in [6, 6.07) is 10.3. The first-order chi connectivity index (χ1) is 8.33. The predicted molar refractivity (Wildman–Crippen MR) is 66.7 cm³/mol. The maximum atomic E-state index is 5.55. The monoisotopic (exact) mass is 229 g/mol. The zero-order valence-electron chi connectivity index (χ0n) is 9.60. The number of hydrogen-bond acceptors (Lipinski definition) is 4. The molecule has 0 aliphatic carbocycles. The summed E-state index contributed by atoms with van der Waals surface area (Å²) >= 11 is 0. The molecule has 17 heavy (non-hydrogen) atoms. The molecule has 3 rings (SSSR count). The Morgan fingerprint density at radius 1 is 1.35 bits per heavy atom. The van der Waals surface area contributed by atoms with Gasteiger partial charge in [0.2, 0.25) is 0 Å². The van der Waals surface area contributed by atoms with Crippen molar-refractivity contribution in [2.75, 3.05) is 17.2 Å². The molecular formula is C13H15N3O. The number of anilines is 2. The second kappa shape index (κ2) is 4.13. The van der Waals surface area contributed by atoms with E-state index in [2.05, 4.69) is 34.3 Å². The van der Waals surface area contributed by atoms with Crippen LogP contribution in [0.4, 0.5) is 11.5 Å². The smallest absolute Gasteiger partial charge is 0.167 e. The molecule has 2 N–H and O–H groups in total. The molecule has 1 aliphatic rings. The van der Waals surface area contributed by atoms with E-state index >= 15 is 0 Å². The molecular weight excluding hydrogens is 214 g/mol. The molecule has 0 bridgehead atoms. The van der Waals surface area contributed by atoms with Crippen LogP contribution in [-0.2, 0) is 13.0 Å². The van der Waals surface area contributed by atoms with Crippen molar-refractivity contribution in [2.24, 2.45) is 0 Å². The maximum Gasteiger partial charge on any atom is 0.167 e. The Hall–Kier alpha value is -1.97. The highest BCUT2D eigenvalue weighted by molar-refractivity contribution is 5.55. The van der Waals surface area contributed by atoms with E-state index in [1.807, 2.05) is 0 Å². The van der Waals surface area contributed by atoms with Crippen LogP contribution in [0.2, 0.25) is 0 Å². The summed E-state index contributed by atoms with van der Waals surface area (Å²) in [6.45, 7) is 1.79. The van der Waals surface area contributed by atoms with Crippen molar-refractivity contribution in [1.82, 2.24) is 5.16 Å². The highest BCUT2D eigenvalue weighted by atomic mass is 16.5. The first kappa shape index (κ1) is 10.2. The van der Waals surface area contributed by atoms with Gasteiger partial charge in [-0.3, -0.25) is 0 Å². The van der Waals surface area contributed by atoms with Gasteiger partial charge in [0, 0.05) is 18.3 Å². The number of aryl methyl sites for hydroxylation is 1. The molecule has 4 nitrogen and oxygen atoms in total. The van der Waals surface area contributed by atoms with Gasteiger partial charge in [0.25, 0.3) is 0 Å². The Bertz CT molecular complexity index is 521. The zero-order valence-corrected chi connectivity index (χ0v) is 9.60. The summed E-state index contributed by atoms with van der Waals surface area (Å²) in [6.07, 6.45) is 2.34. The number of rotatable bonds is 2. The SMILES string of the molecule is Nc1cc(CN2CCCc3ccccc32)on1. The molecule has 0 saturated heterocycles. The average molecular weight is 229 g/mol. The summed E-state index contributed by atoms with van der Waals surface area (Å²) in [7, 11) is 0. The van der Waals surface area contributed by atoms with Gasteiger partial charge in [-0.25, -0.2) is 0 Å². The molecule has 88 valence electrons. The van der Waals surface area contributed by atoms with Crippen LogP contribution >= 0.6 is 0 Å². The number of fused-ring (bicyclic) bond motifs is 1. The van der Waals surface area contributed by atoms with Crippen molar-refractivity contribution < 1.29 is 4.52 Å². The molecule has 0 saturated carbocycles. The van der Waals surface area contributed by atoms with Crippen LogP contribution in [0.5, 0.6) is 0 Å². The third-order valence-electron chi connectivity index (χ3n) is 3.13. The van der Waals surface area contributed by atoms with Gasteiger partial charge < -0.3 is 15.2 Å². The number of para-hydroxylation sites is 1. The fourth-order valence-electron chi connectivity index (χ4n) is 2.37. The Kier molecular flexibility index (Phi) is 2.48. The lowest BCUT2D eigenvalue weighted by molar-refractivity contribution is 0.382. The molecule has 2 heterocycles. The molecule has 1 aromatic carbocycles. The van der Waals surface area contributed by atoms with Crippen LogP contribution in [0, 0.1) is 0 Å². The highest BCUT2D eigenvalue weighted by Gasteiger charge is 2.17. The quantitative estimate of drug-likeness (QED) is 0.857. The Morgan fingerprint density at radius 3 is 3.06 bits per heavy atom. The van der Waals surface area contributed by atoms with Crippen LogP contribution in [0.15, 0.2) is 34.9 Å². The van der Waals surface area contributed by atoms with Gasteiger partial charge >= 0.3 is 0 Å². The van der Waals surface area contributed by atoms with Gasteiger partial charge in [0.05, 0.1) is 6.54 Å². The lowest BCUT2D eigenvalue weighted by Gasteiger charge is -2.30. The largest absolute Gasteiger partial charge is 0.381 e. The topological polar surface area (TPSA) is 55.3 Å². The van der Waals surface area contributed by atoms with E-state index in [-0.39, 0.29) is 0 Å². The van der Waals surface area contributed by atoms with E-state index in [1.165, 1.54) is 17.7 Å². The average Bonchev–Trinajstić information content (AvgIpc) is 2.75. The molecule has 0 amide bonds. The summed E-state index contributed by atoms with van der Waals surface area (Å²) < 4.78 is 5.17. The van der Waals surface area contributed by atoms with Gasteiger partial charge in [-0.05, 0) is 24.5 Å². The van der Waals surface area contributed by atoms with Crippen molar-refractivity contribution in [1.29, 1.82) is 0 Å². The maximum absolute atomic E-state index is 5.55. The number of nitrogen functional groups attached to an aromatic ring is 1. The number of benzene rings is 1. The van der Waals surface area contributed by atoms with Crippen LogP contribution in [0.25, 0.3) is 0 Å². The van der Waals surface area contributed by atoms with Crippen LogP contribution in [0.3, 0.4) is 0 Å². The second-order valence-corrected chi connectivity index (χ2v) is 4.37. The van der Waals surface area contributed by atoms with E-state index in [1.54, 1.807) is 6.07 Å². The lowest BCUT2D eigenvalue weighted by atomic mass is 10.0. The molecule has 4 heteroatoms. The van der Waals surface area contributed by atoms with Crippen molar-refractivity contribution >= 4 is 11.5 Å². The third-order valence-corrected chi connectivity index (χ3v) is 3.13. The second-order valence-electron chi connectivity index (χ2n) is 4.37. The minimum absolute atomic E-state index is 0.449. The fourth-order valence-corrected chi connectivity index (χ4v) is 2.37. The van der Waals surface area contributed by atoms with Crippen LogP contribution < -0.4 is 10.6 Å². The highest BCUT2D eigenvalue weighted by Crippen LogP contribution is 2.28. The van der Waals surface area contributed by atoms with E-state index < -0.39 is 0 Å². The first-order valence-electron chi connectivity index (χ1n) is 5.87. The van der Waals surface area contributed by atoms with Gasteiger partial charge in [0.15, 0.2) is 11.6 Å². The zero-order chi connectivity index (χ0) is 11.7. The summed E-state index contributed by atoms with van der Waals surface area (Å²) in [4.78, 5) is 2.32. The molecule has 0 radical (unpaired) electrons. The van der Waals surface area contributed by atoms with Crippen molar-refractivity contribution in [3.8, 4) is 0 Å². The Balaban J connectivity index is 1.85. The number of nitrogens with two attached hydrogens (primary N) is 1. The number of hydrogen-bond donors (Lipinski definition) is 1. The Labute approximate surface area is 100 Å². The first-order valence-corrected chi connectivity index (χ1v) is 5.87. The van der Waals surface area contributed by atoms with Gasteiger partial charge in [-0.2, -0.15) is 0 Å². The number of nitrogens with zero attached hydrogens (tertiary/aromatic N) is 2. The Morgan fingerprint density at radius 2 is 2.24 bits per heavy atom. The predicted octanol–water partition coefficient (Wildman–Crippen LogP) is 2.21. The fraction of sp³-hybridized carbons (Fsp3) is 0.308. The third kappa shape index (κ3) is 1.98. The van der Waals surface area contributed by atoms with Gasteiger partial charge in [0.1, 0.15) is 0 Å². The number of aromatic nitrogens is 1. The molecule has 0 fully saturated rings. The van der Waals surface area contributed by atoms with Crippen molar-refractivity contribution in [2.45, 2.75) is 19.4 Å². The van der Waals surface area contributed by atoms with Crippen molar-refractivity contribution in [3.63, 3.8) is 0 Å². The molecule has 2 aromatic rings. The minimum Gasteiger partial charge on any atom is -0.381 e. The molecule has 1 aliphatic heterocycles. The van der Waals surface area contributed by atoms with Crippen LogP contribution in [-0.4, -0.2) is 11.7 Å². The van der Waals surface area contributed by atoms with Gasteiger partial charge in [-0.1, -0.05) is 23.4 Å². The van der Waals surface area contributed by atoms with Crippen molar-refractivity contribution in [3.05, 3.63) is 41.7 Å². The molecule has 0 atom stereocenters. The lowest BCUT2D eigenvalue weighted by Crippen LogP contribution is -2.28. The summed E-state index contributed by atoms with van der Waals surface area (Å²) in [5.74, 6) is 1.27. The van der Waals surface area contributed by atoms with Gasteiger partial charge in [-0.15, -0.1) is 0 Å². The van der Waals surface area contributed by atoms with E-state index in [4.69, 9.17) is 10.3 Å². The van der Waals surface area contributed by atoms with Crippen LogP contribution in [0.1, 0.15) is 17.7 Å². The van der Waals surface area contributed by atoms with E-state index in [0.29, 0.717) is 5.82 Å². The molecule has 0 spiro atoms. The summed E-state index contributed by atoms with van der Waals surface area (Å²) in [5.41, 5.74) is 8.26. The standard InChI is InChI=1S/C13H15N3O/c14-13-8-11(17-15-13)9-16-7-3-5-10-4-1-2-6-12(10)16/h1-2,4,6,8H,3,5,7,9H2,(H2,14,15). The molecule has 1 aromatic heterocycles. The normalized spacial score (nSPS) is 14.7.